The summed E-state index contributed by atoms with van der Waals surface area (Å²) in [5, 5.41) is 13.0. The number of hydrogen-bond donors (Lipinski definition) is 1. The van der Waals surface area contributed by atoms with Crippen LogP contribution in [-0.2, 0) is 6.54 Å². The summed E-state index contributed by atoms with van der Waals surface area (Å²) in [6.07, 6.45) is 1.65. The number of nitrogens with one attached hydrogen (secondary N) is 1. The van der Waals surface area contributed by atoms with E-state index >= 15 is 0 Å². The van der Waals surface area contributed by atoms with Crippen LogP contribution in [0.15, 0.2) is 66.7 Å². The number of methoxy groups -OCH3 is 2. The van der Waals surface area contributed by atoms with Crippen molar-refractivity contribution in [2.75, 3.05) is 32.6 Å². The number of hydrogen-bond acceptors (Lipinski definition) is 6. The average Bonchev–Trinajstić information content (AvgIpc) is 2.90. The molecule has 0 saturated carbocycles. The van der Waals surface area contributed by atoms with Crippen molar-refractivity contribution in [3.63, 3.8) is 0 Å². The number of fused-ring (bicyclic) bond motifs is 1. The van der Waals surface area contributed by atoms with Gasteiger partial charge in [-0.3, -0.25) is 9.69 Å². The zero-order valence-electron chi connectivity index (χ0n) is 20.1. The Morgan fingerprint density at radius 1 is 1.00 bits per heavy atom. The summed E-state index contributed by atoms with van der Waals surface area (Å²) in [6.45, 7) is 2.49. The maximum atomic E-state index is 13.9. The summed E-state index contributed by atoms with van der Waals surface area (Å²) >= 11 is 0. The predicted molar refractivity (Wildman–Crippen MR) is 135 cm³/mol. The fourth-order valence-corrected chi connectivity index (χ4v) is 5.50. The molecule has 6 nitrogen and oxygen atoms in total. The van der Waals surface area contributed by atoms with Gasteiger partial charge in [-0.2, -0.15) is 5.26 Å². The molecule has 0 radical (unpaired) electrons. The number of benzene rings is 3. The van der Waals surface area contributed by atoms with E-state index in [1.54, 1.807) is 14.2 Å². The maximum Gasteiger partial charge on any atom is 0.174 e. The molecule has 0 bridgehead atoms. The van der Waals surface area contributed by atoms with Crippen molar-refractivity contribution in [1.82, 2.24) is 4.90 Å². The Kier molecular flexibility index (Phi) is 6.19. The lowest BCUT2D eigenvalue weighted by molar-refractivity contribution is 0.0842. The van der Waals surface area contributed by atoms with Gasteiger partial charge in [0.25, 0.3) is 0 Å². The van der Waals surface area contributed by atoms with Crippen LogP contribution in [0.25, 0.3) is 0 Å². The molecule has 1 spiro atoms. The van der Waals surface area contributed by atoms with Crippen molar-refractivity contribution >= 4 is 11.5 Å². The van der Waals surface area contributed by atoms with Gasteiger partial charge < -0.3 is 14.8 Å². The van der Waals surface area contributed by atoms with Crippen LogP contribution in [0.4, 0.5) is 5.69 Å². The zero-order valence-corrected chi connectivity index (χ0v) is 20.1. The summed E-state index contributed by atoms with van der Waals surface area (Å²) in [5.41, 5.74) is 3.97. The summed E-state index contributed by atoms with van der Waals surface area (Å²) in [5.74, 6) is 1.36. The van der Waals surface area contributed by atoms with Crippen molar-refractivity contribution < 1.29 is 14.3 Å². The van der Waals surface area contributed by atoms with E-state index in [9.17, 15) is 10.1 Å². The molecule has 178 valence electrons. The van der Waals surface area contributed by atoms with Gasteiger partial charge in [0.05, 0.1) is 37.3 Å². The van der Waals surface area contributed by atoms with Crippen molar-refractivity contribution in [3.05, 3.63) is 89.0 Å². The standard InChI is InChI=1S/C29H29N3O3/c1-34-23-8-6-22(7-9-23)27-28(33)25-11-10-24(35-2)17-26(25)31-29(27)12-14-32(15-13-29)19-21-5-3-4-20(16-21)18-30/h3-11,16-17,27,31H,12-15,19H2,1-2H3. The number of nitrogens with zero attached hydrogens (tertiary/aromatic N) is 2. The number of rotatable bonds is 5. The van der Waals surface area contributed by atoms with Crippen molar-refractivity contribution in [1.29, 1.82) is 5.26 Å². The number of ether oxygens (including phenoxy) is 2. The molecule has 2 aliphatic heterocycles. The fourth-order valence-electron chi connectivity index (χ4n) is 5.50. The van der Waals surface area contributed by atoms with Gasteiger partial charge in [-0.15, -0.1) is 0 Å². The number of carbonyl (C=O) groups excluding carboxylic acids is 1. The number of carbonyl (C=O) groups is 1. The number of Topliss-reactive ketones (excluding diaryl/α,β-unsaturated/α-hetero) is 1. The highest BCUT2D eigenvalue weighted by molar-refractivity contribution is 6.08. The van der Waals surface area contributed by atoms with Gasteiger partial charge in [-0.05, 0) is 60.4 Å². The van der Waals surface area contributed by atoms with Crippen molar-refractivity contribution in [2.45, 2.75) is 30.8 Å². The quantitative estimate of drug-likeness (QED) is 0.569. The van der Waals surface area contributed by atoms with Gasteiger partial charge >= 0.3 is 0 Å². The maximum absolute atomic E-state index is 13.9. The molecule has 1 saturated heterocycles. The monoisotopic (exact) mass is 467 g/mol. The molecule has 6 heteroatoms. The van der Waals surface area contributed by atoms with Gasteiger partial charge in [0.15, 0.2) is 5.78 Å². The molecule has 2 aliphatic rings. The third-order valence-electron chi connectivity index (χ3n) is 7.35. The lowest BCUT2D eigenvalue weighted by Gasteiger charge is -2.50. The first kappa shape index (κ1) is 22.9. The molecular weight excluding hydrogens is 438 g/mol. The molecule has 2 heterocycles. The Bertz CT molecular complexity index is 1270. The van der Waals surface area contributed by atoms with Gasteiger partial charge in [0, 0.05) is 37.0 Å². The highest BCUT2D eigenvalue weighted by atomic mass is 16.5. The molecule has 0 amide bonds. The second-order valence-electron chi connectivity index (χ2n) is 9.35. The van der Waals surface area contributed by atoms with E-state index in [-0.39, 0.29) is 11.7 Å². The minimum atomic E-state index is -0.393. The molecule has 1 N–H and O–H groups in total. The van der Waals surface area contributed by atoms with E-state index in [0.29, 0.717) is 11.1 Å². The van der Waals surface area contributed by atoms with E-state index in [1.807, 2.05) is 60.7 Å². The van der Waals surface area contributed by atoms with Crippen LogP contribution in [-0.4, -0.2) is 43.5 Å². The summed E-state index contributed by atoms with van der Waals surface area (Å²) in [4.78, 5) is 16.3. The average molecular weight is 468 g/mol. The summed E-state index contributed by atoms with van der Waals surface area (Å²) < 4.78 is 10.8. The Balaban J connectivity index is 1.45. The molecule has 35 heavy (non-hydrogen) atoms. The van der Waals surface area contributed by atoms with E-state index < -0.39 is 5.54 Å². The molecule has 1 fully saturated rings. The molecular formula is C29H29N3O3. The number of nitriles is 1. The van der Waals surface area contributed by atoms with Gasteiger partial charge in [-0.25, -0.2) is 0 Å². The van der Waals surface area contributed by atoms with Crippen LogP contribution in [0.3, 0.4) is 0 Å². The fraction of sp³-hybridized carbons (Fsp3) is 0.310. The second-order valence-corrected chi connectivity index (χ2v) is 9.35. The molecule has 5 rings (SSSR count). The topological polar surface area (TPSA) is 74.6 Å². The molecule has 3 aromatic carbocycles. The van der Waals surface area contributed by atoms with Crippen LogP contribution in [0, 0.1) is 11.3 Å². The van der Waals surface area contributed by atoms with Crippen LogP contribution >= 0.6 is 0 Å². The minimum absolute atomic E-state index is 0.141. The first-order valence-corrected chi connectivity index (χ1v) is 11.9. The van der Waals surface area contributed by atoms with E-state index in [1.165, 1.54) is 0 Å². The smallest absolute Gasteiger partial charge is 0.174 e. The van der Waals surface area contributed by atoms with E-state index in [4.69, 9.17) is 9.47 Å². The van der Waals surface area contributed by atoms with Crippen molar-refractivity contribution in [3.8, 4) is 17.6 Å². The highest BCUT2D eigenvalue weighted by Gasteiger charge is 2.49. The molecule has 0 aromatic heterocycles. The number of ketones is 1. The third kappa shape index (κ3) is 4.36. The summed E-state index contributed by atoms with van der Waals surface area (Å²) in [7, 11) is 3.29. The number of anilines is 1. The SMILES string of the molecule is COc1ccc(C2C(=O)c3ccc(OC)cc3NC23CCN(Cc2cccc(C#N)c2)CC3)cc1. The second kappa shape index (κ2) is 9.44. The largest absolute Gasteiger partial charge is 0.497 e. The van der Waals surface area contributed by atoms with E-state index in [2.05, 4.69) is 22.4 Å². The Morgan fingerprint density at radius 3 is 2.40 bits per heavy atom. The van der Waals surface area contributed by atoms with Gasteiger partial charge in [-0.1, -0.05) is 24.3 Å². The Morgan fingerprint density at radius 2 is 1.71 bits per heavy atom. The lowest BCUT2D eigenvalue weighted by atomic mass is 9.67. The molecule has 1 unspecified atom stereocenters. The van der Waals surface area contributed by atoms with Gasteiger partial charge in [0.2, 0.25) is 0 Å². The lowest BCUT2D eigenvalue weighted by Crippen LogP contribution is -2.56. The Hall–Kier alpha value is -3.82. The first-order chi connectivity index (χ1) is 17.0. The Labute approximate surface area is 206 Å². The van der Waals surface area contributed by atoms with E-state index in [0.717, 1.165) is 60.8 Å². The summed E-state index contributed by atoms with van der Waals surface area (Å²) in [6, 6.07) is 23.5. The van der Waals surface area contributed by atoms with Crippen LogP contribution in [0.2, 0.25) is 0 Å². The minimum Gasteiger partial charge on any atom is -0.497 e. The number of piperidine rings is 1. The van der Waals surface area contributed by atoms with Crippen LogP contribution in [0.5, 0.6) is 11.5 Å². The van der Waals surface area contributed by atoms with Crippen LogP contribution < -0.4 is 14.8 Å². The van der Waals surface area contributed by atoms with Crippen molar-refractivity contribution in [2.24, 2.45) is 0 Å². The highest BCUT2D eigenvalue weighted by Crippen LogP contribution is 2.47. The third-order valence-corrected chi connectivity index (χ3v) is 7.35. The molecule has 0 aliphatic carbocycles. The molecule has 3 aromatic rings. The first-order valence-electron chi connectivity index (χ1n) is 11.9. The molecule has 1 atom stereocenters. The van der Waals surface area contributed by atoms with Gasteiger partial charge in [0.1, 0.15) is 11.5 Å². The van der Waals surface area contributed by atoms with Crippen LogP contribution in [0.1, 0.15) is 45.8 Å². The normalized spacial score (nSPS) is 18.9. The zero-order chi connectivity index (χ0) is 24.4. The number of likely N-dealkylation sites (tertiary alicyclic amines) is 1. The predicted octanol–water partition coefficient (Wildman–Crippen LogP) is 5.00.